The highest BCUT2D eigenvalue weighted by molar-refractivity contribution is 6.29. The highest BCUT2D eigenvalue weighted by Gasteiger charge is 2.42. The summed E-state index contributed by atoms with van der Waals surface area (Å²) in [7, 11) is 0. The molecule has 3 N–H and O–H groups in total. The number of allylic oxidation sites excluding steroid dienone is 2. The molecule has 144 valence electrons. The first-order chi connectivity index (χ1) is 13.4. The second kappa shape index (κ2) is 7.09. The van der Waals surface area contributed by atoms with E-state index < -0.39 is 17.3 Å². The zero-order valence-electron chi connectivity index (χ0n) is 14.7. The maximum absolute atomic E-state index is 15.4. The normalized spacial score (nSPS) is 25.8. The number of alkyl halides is 1. The third-order valence-electron chi connectivity index (χ3n) is 4.76. The Labute approximate surface area is 165 Å². The zero-order valence-corrected chi connectivity index (χ0v) is 15.5. The minimum atomic E-state index is -2.14. The summed E-state index contributed by atoms with van der Waals surface area (Å²) in [6, 6.07) is 7.69. The van der Waals surface area contributed by atoms with Crippen LogP contribution >= 0.6 is 11.6 Å². The fraction of sp³-hybridized carbons (Fsp3) is 0.200. The van der Waals surface area contributed by atoms with Crippen LogP contribution in [0.3, 0.4) is 0 Å². The van der Waals surface area contributed by atoms with Gasteiger partial charge in [0, 0.05) is 17.5 Å². The number of ether oxygens (including phenoxy) is 1. The summed E-state index contributed by atoms with van der Waals surface area (Å²) in [4.78, 5) is 8.36. The quantitative estimate of drug-likeness (QED) is 0.751. The van der Waals surface area contributed by atoms with E-state index in [2.05, 4.69) is 15.3 Å². The Bertz CT molecular complexity index is 1010. The van der Waals surface area contributed by atoms with E-state index in [9.17, 15) is 4.39 Å². The molecule has 2 heterocycles. The van der Waals surface area contributed by atoms with E-state index in [4.69, 9.17) is 22.1 Å². The first-order valence-electron chi connectivity index (χ1n) is 8.60. The van der Waals surface area contributed by atoms with Crippen molar-refractivity contribution in [1.29, 1.82) is 0 Å². The molecular weight excluding hydrogens is 386 g/mol. The van der Waals surface area contributed by atoms with Crippen molar-refractivity contribution in [2.24, 2.45) is 10.7 Å². The number of hydrogen-bond donors (Lipinski definition) is 2. The molecule has 5 nitrogen and oxygen atoms in total. The monoisotopic (exact) mass is 402 g/mol. The lowest BCUT2D eigenvalue weighted by molar-refractivity contribution is -0.118. The Morgan fingerprint density at radius 3 is 2.96 bits per heavy atom. The van der Waals surface area contributed by atoms with Gasteiger partial charge in [-0.1, -0.05) is 42.0 Å². The number of anilines is 1. The highest BCUT2D eigenvalue weighted by Crippen LogP contribution is 2.42. The summed E-state index contributed by atoms with van der Waals surface area (Å²) in [5.41, 5.74) is 7.21. The van der Waals surface area contributed by atoms with E-state index in [0.717, 1.165) is 0 Å². The number of nitrogens with zero attached hydrogens (tertiary/aromatic N) is 2. The summed E-state index contributed by atoms with van der Waals surface area (Å²) in [5, 5.41) is 3.20. The molecule has 0 saturated carbocycles. The first-order valence-corrected chi connectivity index (χ1v) is 8.98. The van der Waals surface area contributed by atoms with Gasteiger partial charge in [-0.05, 0) is 23.8 Å². The second-order valence-electron chi connectivity index (χ2n) is 6.62. The molecule has 0 radical (unpaired) electrons. The Balaban J connectivity index is 1.59. The molecule has 0 bridgehead atoms. The summed E-state index contributed by atoms with van der Waals surface area (Å²) < 4.78 is 34.6. The van der Waals surface area contributed by atoms with Crippen LogP contribution in [0, 0.1) is 5.82 Å². The van der Waals surface area contributed by atoms with Gasteiger partial charge in [0.05, 0.1) is 24.8 Å². The van der Waals surface area contributed by atoms with E-state index in [1.54, 1.807) is 36.5 Å². The minimum Gasteiger partial charge on any atom is -0.345 e. The summed E-state index contributed by atoms with van der Waals surface area (Å²) in [5.74, 6) is -2.59. The molecule has 2 unspecified atom stereocenters. The number of benzene rings is 1. The van der Waals surface area contributed by atoms with E-state index in [1.165, 1.54) is 24.6 Å². The third-order valence-corrected chi connectivity index (χ3v) is 4.97. The van der Waals surface area contributed by atoms with Crippen molar-refractivity contribution in [3.63, 3.8) is 0 Å². The standard InChI is InChI=1S/C20H17ClF2N4O/c21-18-8-15-17(10-25-18)26-12-27-20(15,24)14-5-3-7-19(23,9-14)28-11-13-4-1-2-6-16(13)22/h1-8,10,12H,9,11,24H2,(H,26,27). The maximum Gasteiger partial charge on any atom is 0.232 e. The van der Waals surface area contributed by atoms with Gasteiger partial charge in [-0.25, -0.2) is 18.8 Å². The molecule has 2 aromatic rings. The average Bonchev–Trinajstić information content (AvgIpc) is 2.68. The lowest BCUT2D eigenvalue weighted by Crippen LogP contribution is -2.43. The number of aliphatic imine (C=N–C) groups is 1. The van der Waals surface area contributed by atoms with Gasteiger partial charge in [0.15, 0.2) is 5.66 Å². The molecule has 1 aliphatic carbocycles. The predicted molar refractivity (Wildman–Crippen MR) is 104 cm³/mol. The van der Waals surface area contributed by atoms with Gasteiger partial charge in [0.25, 0.3) is 0 Å². The lowest BCUT2D eigenvalue weighted by Gasteiger charge is -2.36. The smallest absolute Gasteiger partial charge is 0.232 e. The van der Waals surface area contributed by atoms with Crippen LogP contribution < -0.4 is 11.1 Å². The van der Waals surface area contributed by atoms with Crippen LogP contribution in [0.2, 0.25) is 5.15 Å². The molecule has 2 aliphatic rings. The Hall–Kier alpha value is -2.61. The molecule has 0 saturated heterocycles. The number of nitrogens with one attached hydrogen (secondary N) is 1. The number of rotatable bonds is 4. The molecule has 4 rings (SSSR count). The Morgan fingerprint density at radius 2 is 2.14 bits per heavy atom. The Kier molecular flexibility index (Phi) is 4.74. The van der Waals surface area contributed by atoms with Crippen LogP contribution in [0.25, 0.3) is 0 Å². The van der Waals surface area contributed by atoms with Crippen LogP contribution in [0.5, 0.6) is 0 Å². The zero-order chi connectivity index (χ0) is 19.8. The van der Waals surface area contributed by atoms with Crippen molar-refractivity contribution in [1.82, 2.24) is 4.98 Å². The molecular formula is C20H17ClF2N4O. The van der Waals surface area contributed by atoms with Gasteiger partial charge in [-0.15, -0.1) is 0 Å². The predicted octanol–water partition coefficient (Wildman–Crippen LogP) is 4.21. The molecule has 0 fully saturated rings. The van der Waals surface area contributed by atoms with Crippen molar-refractivity contribution in [2.45, 2.75) is 24.5 Å². The SMILES string of the molecule is NC1(C2=CC=CC(F)(OCc3ccccc3F)C2)N=CNc2cnc(Cl)cc21. The molecule has 2 atom stereocenters. The fourth-order valence-corrected chi connectivity index (χ4v) is 3.41. The number of halogens is 3. The number of fused-ring (bicyclic) bond motifs is 1. The van der Waals surface area contributed by atoms with Crippen molar-refractivity contribution in [3.8, 4) is 0 Å². The minimum absolute atomic E-state index is 0.162. The van der Waals surface area contributed by atoms with E-state index >= 15 is 4.39 Å². The molecule has 28 heavy (non-hydrogen) atoms. The van der Waals surface area contributed by atoms with Gasteiger partial charge in [-0.3, -0.25) is 5.73 Å². The molecule has 1 aromatic heterocycles. The van der Waals surface area contributed by atoms with E-state index in [0.29, 0.717) is 16.8 Å². The largest absolute Gasteiger partial charge is 0.345 e. The molecule has 0 amide bonds. The highest BCUT2D eigenvalue weighted by atomic mass is 35.5. The first kappa shape index (κ1) is 18.7. The summed E-state index contributed by atoms with van der Waals surface area (Å²) in [6.45, 7) is -0.213. The summed E-state index contributed by atoms with van der Waals surface area (Å²) >= 11 is 6.02. The van der Waals surface area contributed by atoms with Crippen LogP contribution in [0.4, 0.5) is 14.5 Å². The van der Waals surface area contributed by atoms with Crippen LogP contribution in [-0.2, 0) is 17.0 Å². The topological polar surface area (TPSA) is 72.5 Å². The molecule has 8 heteroatoms. The van der Waals surface area contributed by atoms with Crippen molar-refractivity contribution in [3.05, 3.63) is 82.4 Å². The van der Waals surface area contributed by atoms with Gasteiger partial charge in [-0.2, -0.15) is 0 Å². The molecule has 0 spiro atoms. The van der Waals surface area contributed by atoms with Crippen LogP contribution in [0.15, 0.2) is 65.3 Å². The van der Waals surface area contributed by atoms with Gasteiger partial charge < -0.3 is 10.1 Å². The summed E-state index contributed by atoms with van der Waals surface area (Å²) in [6.07, 6.45) is 7.33. The van der Waals surface area contributed by atoms with Gasteiger partial charge in [0.1, 0.15) is 11.0 Å². The lowest BCUT2D eigenvalue weighted by atomic mass is 9.84. The average molecular weight is 403 g/mol. The fourth-order valence-electron chi connectivity index (χ4n) is 3.25. The van der Waals surface area contributed by atoms with E-state index in [-0.39, 0.29) is 23.7 Å². The van der Waals surface area contributed by atoms with Crippen LogP contribution in [-0.4, -0.2) is 17.2 Å². The van der Waals surface area contributed by atoms with E-state index in [1.807, 2.05) is 0 Å². The van der Waals surface area contributed by atoms with Gasteiger partial charge >= 0.3 is 0 Å². The molecule has 1 aromatic carbocycles. The van der Waals surface area contributed by atoms with Crippen molar-refractivity contribution < 1.29 is 13.5 Å². The van der Waals surface area contributed by atoms with Gasteiger partial charge in [0.2, 0.25) is 5.85 Å². The number of hydrogen-bond acceptors (Lipinski definition) is 5. The van der Waals surface area contributed by atoms with Crippen molar-refractivity contribution in [2.75, 3.05) is 5.32 Å². The molecule has 1 aliphatic heterocycles. The maximum atomic E-state index is 15.4. The van der Waals surface area contributed by atoms with Crippen LogP contribution in [0.1, 0.15) is 17.5 Å². The number of nitrogens with two attached hydrogens (primary N) is 1. The Morgan fingerprint density at radius 1 is 1.32 bits per heavy atom. The number of pyridine rings is 1. The third kappa shape index (κ3) is 3.44. The van der Waals surface area contributed by atoms with Crippen molar-refractivity contribution >= 4 is 23.6 Å². The number of aromatic nitrogens is 1. The second-order valence-corrected chi connectivity index (χ2v) is 7.00.